The fourth-order valence-corrected chi connectivity index (χ4v) is 1.17. The summed E-state index contributed by atoms with van der Waals surface area (Å²) < 4.78 is 9.61. The molecule has 96 valence electrons. The Morgan fingerprint density at radius 3 is 2.69 bits per heavy atom. The zero-order chi connectivity index (χ0) is 12.4. The number of aliphatic hydroxyl groups excluding tert-OH is 1. The lowest BCUT2D eigenvalue weighted by Crippen LogP contribution is -2.41. The average Bonchev–Trinajstić information content (AvgIpc) is 2.24. The van der Waals surface area contributed by atoms with Crippen molar-refractivity contribution in [3.63, 3.8) is 0 Å². The van der Waals surface area contributed by atoms with Crippen molar-refractivity contribution in [2.75, 3.05) is 54.1 Å². The molecule has 0 fully saturated rings. The zero-order valence-electron chi connectivity index (χ0n) is 10.2. The standard InChI is InChI=1S/C10H22N2O4/c1-12(7-9(13)8-16-3)10(14)6-11-4-5-15-2/h9,11,13H,4-8H2,1-3H3. The van der Waals surface area contributed by atoms with Gasteiger partial charge in [-0.25, -0.2) is 0 Å². The third-order valence-corrected chi connectivity index (χ3v) is 2.03. The number of methoxy groups -OCH3 is 2. The van der Waals surface area contributed by atoms with Gasteiger partial charge in [0.2, 0.25) is 5.91 Å². The molecule has 0 aliphatic rings. The molecule has 0 aliphatic heterocycles. The van der Waals surface area contributed by atoms with Crippen LogP contribution >= 0.6 is 0 Å². The van der Waals surface area contributed by atoms with E-state index in [1.54, 1.807) is 14.2 Å². The van der Waals surface area contributed by atoms with Gasteiger partial charge >= 0.3 is 0 Å². The molecule has 0 aromatic rings. The van der Waals surface area contributed by atoms with E-state index in [2.05, 4.69) is 5.32 Å². The molecule has 0 rings (SSSR count). The Morgan fingerprint density at radius 2 is 2.12 bits per heavy atom. The molecule has 0 bridgehead atoms. The maximum absolute atomic E-state index is 11.5. The Kier molecular flexibility index (Phi) is 9.12. The number of aliphatic hydroxyl groups is 1. The van der Waals surface area contributed by atoms with E-state index >= 15 is 0 Å². The van der Waals surface area contributed by atoms with Crippen LogP contribution in [-0.4, -0.2) is 76.1 Å². The van der Waals surface area contributed by atoms with E-state index < -0.39 is 6.10 Å². The van der Waals surface area contributed by atoms with Crippen LogP contribution < -0.4 is 5.32 Å². The summed E-state index contributed by atoms with van der Waals surface area (Å²) in [6, 6.07) is 0. The molecule has 0 aromatic heterocycles. The van der Waals surface area contributed by atoms with Crippen molar-refractivity contribution in [1.82, 2.24) is 10.2 Å². The minimum absolute atomic E-state index is 0.0637. The number of carbonyl (C=O) groups is 1. The fraction of sp³-hybridized carbons (Fsp3) is 0.900. The molecule has 0 aromatic carbocycles. The third kappa shape index (κ3) is 7.58. The van der Waals surface area contributed by atoms with Crippen LogP contribution in [0.25, 0.3) is 0 Å². The van der Waals surface area contributed by atoms with Gasteiger partial charge in [-0.1, -0.05) is 0 Å². The van der Waals surface area contributed by atoms with Crippen LogP contribution in [0.3, 0.4) is 0 Å². The van der Waals surface area contributed by atoms with Crippen LogP contribution in [0.15, 0.2) is 0 Å². The largest absolute Gasteiger partial charge is 0.389 e. The highest BCUT2D eigenvalue weighted by molar-refractivity contribution is 5.77. The molecule has 0 saturated heterocycles. The van der Waals surface area contributed by atoms with Crippen molar-refractivity contribution in [3.05, 3.63) is 0 Å². The number of hydrogen-bond donors (Lipinski definition) is 2. The summed E-state index contributed by atoms with van der Waals surface area (Å²) >= 11 is 0. The maximum atomic E-state index is 11.5. The molecule has 6 nitrogen and oxygen atoms in total. The zero-order valence-corrected chi connectivity index (χ0v) is 10.2. The highest BCUT2D eigenvalue weighted by atomic mass is 16.5. The molecule has 0 spiro atoms. The second-order valence-electron chi connectivity index (χ2n) is 3.55. The van der Waals surface area contributed by atoms with E-state index in [0.29, 0.717) is 13.2 Å². The monoisotopic (exact) mass is 234 g/mol. The highest BCUT2D eigenvalue weighted by Crippen LogP contribution is 1.90. The van der Waals surface area contributed by atoms with Gasteiger partial charge in [0, 0.05) is 34.4 Å². The molecule has 1 atom stereocenters. The van der Waals surface area contributed by atoms with Crippen molar-refractivity contribution >= 4 is 5.91 Å². The number of hydrogen-bond acceptors (Lipinski definition) is 5. The first-order valence-electron chi connectivity index (χ1n) is 5.22. The number of nitrogens with one attached hydrogen (secondary N) is 1. The highest BCUT2D eigenvalue weighted by Gasteiger charge is 2.12. The Morgan fingerprint density at radius 1 is 1.44 bits per heavy atom. The van der Waals surface area contributed by atoms with Crippen LogP contribution in [0.4, 0.5) is 0 Å². The topological polar surface area (TPSA) is 71.0 Å². The van der Waals surface area contributed by atoms with Gasteiger partial charge in [0.1, 0.15) is 0 Å². The Hall–Kier alpha value is -0.690. The predicted octanol–water partition coefficient (Wildman–Crippen LogP) is -1.31. The van der Waals surface area contributed by atoms with E-state index in [1.165, 1.54) is 12.0 Å². The Labute approximate surface area is 96.5 Å². The molecule has 0 radical (unpaired) electrons. The lowest BCUT2D eigenvalue weighted by Gasteiger charge is -2.20. The van der Waals surface area contributed by atoms with Crippen molar-refractivity contribution < 1.29 is 19.4 Å². The Balaban J connectivity index is 3.64. The molecule has 16 heavy (non-hydrogen) atoms. The third-order valence-electron chi connectivity index (χ3n) is 2.03. The van der Waals surface area contributed by atoms with Gasteiger partial charge in [-0.05, 0) is 0 Å². The van der Waals surface area contributed by atoms with E-state index in [-0.39, 0.29) is 25.6 Å². The minimum atomic E-state index is -0.641. The summed E-state index contributed by atoms with van der Waals surface area (Å²) in [5.41, 5.74) is 0. The second-order valence-corrected chi connectivity index (χ2v) is 3.55. The summed E-state index contributed by atoms with van der Waals surface area (Å²) in [7, 11) is 4.77. The predicted molar refractivity (Wildman–Crippen MR) is 60.3 cm³/mol. The molecule has 1 amide bonds. The Bertz CT molecular complexity index is 190. The first-order valence-corrected chi connectivity index (χ1v) is 5.22. The quantitative estimate of drug-likeness (QED) is 0.485. The molecule has 0 saturated carbocycles. The van der Waals surface area contributed by atoms with Crippen molar-refractivity contribution in [2.45, 2.75) is 6.10 Å². The summed E-state index contributed by atoms with van der Waals surface area (Å²) in [4.78, 5) is 13.0. The van der Waals surface area contributed by atoms with E-state index in [1.807, 2.05) is 0 Å². The maximum Gasteiger partial charge on any atom is 0.236 e. The molecule has 1 unspecified atom stereocenters. The minimum Gasteiger partial charge on any atom is -0.389 e. The summed E-state index contributed by atoms with van der Waals surface area (Å²) in [6.45, 7) is 1.97. The van der Waals surface area contributed by atoms with Crippen molar-refractivity contribution in [1.29, 1.82) is 0 Å². The molecular formula is C10H22N2O4. The molecule has 0 heterocycles. The molecule has 6 heteroatoms. The lowest BCUT2D eigenvalue weighted by atomic mass is 10.3. The summed E-state index contributed by atoms with van der Waals surface area (Å²) in [5.74, 6) is -0.0637. The van der Waals surface area contributed by atoms with Gasteiger partial charge in [-0.2, -0.15) is 0 Å². The molecule has 2 N–H and O–H groups in total. The van der Waals surface area contributed by atoms with Crippen LogP contribution in [-0.2, 0) is 14.3 Å². The number of nitrogens with zero attached hydrogens (tertiary/aromatic N) is 1. The number of amides is 1. The van der Waals surface area contributed by atoms with Crippen LogP contribution in [0.5, 0.6) is 0 Å². The fourth-order valence-electron chi connectivity index (χ4n) is 1.17. The van der Waals surface area contributed by atoms with Gasteiger partial charge in [-0.15, -0.1) is 0 Å². The number of carbonyl (C=O) groups excluding carboxylic acids is 1. The first-order chi connectivity index (χ1) is 7.61. The van der Waals surface area contributed by atoms with Gasteiger partial charge in [-0.3, -0.25) is 4.79 Å². The van der Waals surface area contributed by atoms with E-state index in [9.17, 15) is 9.90 Å². The molecular weight excluding hydrogens is 212 g/mol. The number of ether oxygens (including phenoxy) is 2. The van der Waals surface area contributed by atoms with Crippen molar-refractivity contribution in [3.8, 4) is 0 Å². The van der Waals surface area contributed by atoms with Crippen LogP contribution in [0, 0.1) is 0 Å². The van der Waals surface area contributed by atoms with Crippen LogP contribution in [0.2, 0.25) is 0 Å². The molecule has 0 aliphatic carbocycles. The average molecular weight is 234 g/mol. The second kappa shape index (κ2) is 9.53. The summed E-state index contributed by atoms with van der Waals surface area (Å²) in [5, 5.41) is 12.4. The normalized spacial score (nSPS) is 12.5. The van der Waals surface area contributed by atoms with Gasteiger partial charge in [0.25, 0.3) is 0 Å². The van der Waals surface area contributed by atoms with Crippen LogP contribution in [0.1, 0.15) is 0 Å². The van der Waals surface area contributed by atoms with Gasteiger partial charge in [0.15, 0.2) is 0 Å². The van der Waals surface area contributed by atoms with E-state index in [0.717, 1.165) is 0 Å². The summed E-state index contributed by atoms with van der Waals surface area (Å²) in [6.07, 6.45) is -0.641. The van der Waals surface area contributed by atoms with Gasteiger partial charge < -0.3 is 24.8 Å². The first kappa shape index (κ1) is 15.3. The smallest absolute Gasteiger partial charge is 0.236 e. The lowest BCUT2D eigenvalue weighted by molar-refractivity contribution is -0.130. The number of likely N-dealkylation sites (N-methyl/N-ethyl adjacent to an activating group) is 1. The van der Waals surface area contributed by atoms with Crippen molar-refractivity contribution in [2.24, 2.45) is 0 Å². The number of rotatable bonds is 9. The SMILES string of the molecule is COCCNCC(=O)N(C)CC(O)COC. The van der Waals surface area contributed by atoms with E-state index in [4.69, 9.17) is 9.47 Å². The van der Waals surface area contributed by atoms with Gasteiger partial charge in [0.05, 0.1) is 25.9 Å².